The Bertz CT molecular complexity index is 191. The minimum absolute atomic E-state index is 0. The molecule has 0 saturated heterocycles. The van der Waals surface area contributed by atoms with Gasteiger partial charge in [0, 0.05) is 6.54 Å². The van der Waals surface area contributed by atoms with Crippen LogP contribution in [0.15, 0.2) is 6.33 Å². The van der Waals surface area contributed by atoms with Gasteiger partial charge in [-0.15, -0.1) is 24.8 Å². The summed E-state index contributed by atoms with van der Waals surface area (Å²) in [6.45, 7) is 1.07. The average molecular weight is 196 g/mol. The summed E-state index contributed by atoms with van der Waals surface area (Å²) in [7, 11) is 0. The fourth-order valence-electron chi connectivity index (χ4n) is 1.14. The summed E-state index contributed by atoms with van der Waals surface area (Å²) in [6, 6.07) is 0. The number of fused-ring (bicyclic) bond motifs is 1. The minimum atomic E-state index is 0. The van der Waals surface area contributed by atoms with Crippen LogP contribution in [0, 0.1) is 0 Å². The molecule has 2 heterocycles. The van der Waals surface area contributed by atoms with Gasteiger partial charge in [-0.05, 0) is 12.8 Å². The van der Waals surface area contributed by atoms with Crippen molar-refractivity contribution in [1.82, 2.24) is 9.97 Å². The number of hydrogen-bond donors (Lipinski definition) is 2. The van der Waals surface area contributed by atoms with E-state index in [4.69, 9.17) is 0 Å². The fraction of sp³-hybridized carbons (Fsp3) is 0.500. The molecule has 0 fully saturated rings. The van der Waals surface area contributed by atoms with Crippen molar-refractivity contribution >= 4 is 30.6 Å². The number of nitrogens with one attached hydrogen (secondary N) is 2. The number of imidazole rings is 1. The zero-order valence-electron chi connectivity index (χ0n) is 5.96. The number of rotatable bonds is 0. The van der Waals surface area contributed by atoms with Gasteiger partial charge in [-0.1, -0.05) is 0 Å². The van der Waals surface area contributed by atoms with Crippen LogP contribution in [0.5, 0.6) is 0 Å². The van der Waals surface area contributed by atoms with Gasteiger partial charge in [0.15, 0.2) is 0 Å². The van der Waals surface area contributed by atoms with Crippen LogP contribution in [0.4, 0.5) is 5.82 Å². The minimum Gasteiger partial charge on any atom is -0.369 e. The number of hydrogen-bond acceptors (Lipinski definition) is 2. The molecule has 0 spiro atoms. The first-order valence-corrected chi connectivity index (χ1v) is 3.23. The van der Waals surface area contributed by atoms with Crippen molar-refractivity contribution in [2.45, 2.75) is 12.8 Å². The van der Waals surface area contributed by atoms with Gasteiger partial charge in [0.1, 0.15) is 5.82 Å². The second-order valence-electron chi connectivity index (χ2n) is 2.26. The van der Waals surface area contributed by atoms with E-state index in [-0.39, 0.29) is 24.8 Å². The standard InChI is InChI=1S/C6H9N3.2ClH/c1-2-5-6(7-3-1)9-4-8-5;;/h4,7H,1-3H2,(H,8,9);2*1H. The van der Waals surface area contributed by atoms with Crippen LogP contribution in [-0.2, 0) is 6.42 Å². The van der Waals surface area contributed by atoms with Crippen LogP contribution in [0.3, 0.4) is 0 Å². The third-order valence-corrected chi connectivity index (χ3v) is 1.61. The SMILES string of the molecule is Cl.Cl.c1nc2c([nH]1)CCCN2. The highest BCUT2D eigenvalue weighted by Gasteiger charge is 2.08. The summed E-state index contributed by atoms with van der Waals surface area (Å²) in [5.41, 5.74) is 1.25. The number of aromatic amines is 1. The van der Waals surface area contributed by atoms with E-state index in [0.29, 0.717) is 0 Å². The lowest BCUT2D eigenvalue weighted by atomic mass is 10.2. The predicted octanol–water partition coefficient (Wildman–Crippen LogP) is 1.61. The van der Waals surface area contributed by atoms with Crippen LogP contribution in [0.1, 0.15) is 12.1 Å². The van der Waals surface area contributed by atoms with Gasteiger partial charge in [0.05, 0.1) is 12.0 Å². The lowest BCUT2D eigenvalue weighted by Crippen LogP contribution is -2.10. The van der Waals surface area contributed by atoms with Gasteiger partial charge in [0.25, 0.3) is 0 Å². The quantitative estimate of drug-likeness (QED) is 0.661. The summed E-state index contributed by atoms with van der Waals surface area (Å²) in [4.78, 5) is 7.17. The highest BCUT2D eigenvalue weighted by molar-refractivity contribution is 5.85. The summed E-state index contributed by atoms with van der Waals surface area (Å²) in [5.74, 6) is 1.04. The monoisotopic (exact) mass is 195 g/mol. The van der Waals surface area contributed by atoms with E-state index in [1.165, 1.54) is 12.1 Å². The molecule has 0 aliphatic carbocycles. The topological polar surface area (TPSA) is 40.7 Å². The van der Waals surface area contributed by atoms with Crippen LogP contribution < -0.4 is 5.32 Å². The van der Waals surface area contributed by atoms with Crippen LogP contribution >= 0.6 is 24.8 Å². The van der Waals surface area contributed by atoms with Crippen molar-refractivity contribution in [3.63, 3.8) is 0 Å². The Balaban J connectivity index is 0.000000500. The van der Waals surface area contributed by atoms with Crippen LogP contribution in [0.25, 0.3) is 0 Å². The highest BCUT2D eigenvalue weighted by Crippen LogP contribution is 2.15. The van der Waals surface area contributed by atoms with Crippen LogP contribution in [0.2, 0.25) is 0 Å². The molecule has 0 unspecified atom stereocenters. The lowest BCUT2D eigenvalue weighted by molar-refractivity contribution is 0.808. The molecule has 0 atom stereocenters. The molecule has 0 radical (unpaired) electrons. The van der Waals surface area contributed by atoms with Gasteiger partial charge in [-0.25, -0.2) is 4.98 Å². The van der Waals surface area contributed by atoms with Crippen molar-refractivity contribution in [3.8, 4) is 0 Å². The van der Waals surface area contributed by atoms with Crippen molar-refractivity contribution < 1.29 is 0 Å². The Labute approximate surface area is 77.8 Å². The fourth-order valence-corrected chi connectivity index (χ4v) is 1.14. The van der Waals surface area contributed by atoms with Crippen molar-refractivity contribution in [2.75, 3.05) is 11.9 Å². The second kappa shape index (κ2) is 4.46. The molecule has 11 heavy (non-hydrogen) atoms. The maximum atomic E-state index is 4.09. The molecule has 1 aliphatic heterocycles. The second-order valence-corrected chi connectivity index (χ2v) is 2.26. The molecule has 0 bridgehead atoms. The van der Waals surface area contributed by atoms with Gasteiger partial charge < -0.3 is 10.3 Å². The van der Waals surface area contributed by atoms with E-state index in [2.05, 4.69) is 15.3 Å². The zero-order valence-corrected chi connectivity index (χ0v) is 7.60. The Kier molecular flexibility index (Phi) is 4.30. The molecule has 0 aromatic carbocycles. The normalized spacial score (nSPS) is 13.5. The first kappa shape index (κ1) is 10.6. The molecule has 1 aromatic heterocycles. The number of anilines is 1. The molecule has 5 heteroatoms. The van der Waals surface area contributed by atoms with Gasteiger partial charge in [0.2, 0.25) is 0 Å². The van der Waals surface area contributed by atoms with Crippen molar-refractivity contribution in [1.29, 1.82) is 0 Å². The molecule has 1 aromatic rings. The highest BCUT2D eigenvalue weighted by atomic mass is 35.5. The number of aryl methyl sites for hydroxylation is 1. The summed E-state index contributed by atoms with van der Waals surface area (Å²) < 4.78 is 0. The van der Waals surface area contributed by atoms with E-state index in [1.807, 2.05) is 0 Å². The number of halogens is 2. The van der Waals surface area contributed by atoms with Crippen LogP contribution in [-0.4, -0.2) is 16.5 Å². The predicted molar refractivity (Wildman–Crippen MR) is 49.9 cm³/mol. The van der Waals surface area contributed by atoms with E-state index in [0.717, 1.165) is 18.8 Å². The number of nitrogens with zero attached hydrogens (tertiary/aromatic N) is 1. The zero-order chi connectivity index (χ0) is 6.10. The maximum Gasteiger partial charge on any atom is 0.147 e. The molecule has 2 rings (SSSR count). The molecule has 0 saturated carbocycles. The lowest BCUT2D eigenvalue weighted by Gasteiger charge is -2.10. The molecule has 1 aliphatic rings. The van der Waals surface area contributed by atoms with E-state index < -0.39 is 0 Å². The molecular weight excluding hydrogens is 185 g/mol. The Hall–Kier alpha value is -0.410. The Morgan fingerprint density at radius 2 is 2.18 bits per heavy atom. The number of aromatic nitrogens is 2. The summed E-state index contributed by atoms with van der Waals surface area (Å²) >= 11 is 0. The third-order valence-electron chi connectivity index (χ3n) is 1.61. The average Bonchev–Trinajstić information content (AvgIpc) is 2.33. The summed E-state index contributed by atoms with van der Waals surface area (Å²) in [6.07, 6.45) is 4.10. The van der Waals surface area contributed by atoms with Gasteiger partial charge in [-0.3, -0.25) is 0 Å². The summed E-state index contributed by atoms with van der Waals surface area (Å²) in [5, 5.41) is 3.20. The Morgan fingerprint density at radius 1 is 1.36 bits per heavy atom. The first-order valence-electron chi connectivity index (χ1n) is 3.23. The third kappa shape index (κ3) is 2.01. The Morgan fingerprint density at radius 3 is 2.91 bits per heavy atom. The van der Waals surface area contributed by atoms with Gasteiger partial charge in [-0.2, -0.15) is 0 Å². The van der Waals surface area contributed by atoms with Crippen molar-refractivity contribution in [3.05, 3.63) is 12.0 Å². The van der Waals surface area contributed by atoms with E-state index in [9.17, 15) is 0 Å². The molecular formula is C6H11Cl2N3. The largest absolute Gasteiger partial charge is 0.369 e. The molecule has 0 amide bonds. The first-order chi connectivity index (χ1) is 4.47. The van der Waals surface area contributed by atoms with E-state index >= 15 is 0 Å². The molecule has 3 nitrogen and oxygen atoms in total. The molecule has 64 valence electrons. The smallest absolute Gasteiger partial charge is 0.147 e. The molecule has 2 N–H and O–H groups in total. The number of H-pyrrole nitrogens is 1. The maximum absolute atomic E-state index is 4.09. The van der Waals surface area contributed by atoms with Crippen molar-refractivity contribution in [2.24, 2.45) is 0 Å². The van der Waals surface area contributed by atoms with Gasteiger partial charge >= 0.3 is 0 Å². The van der Waals surface area contributed by atoms with E-state index in [1.54, 1.807) is 6.33 Å².